The lowest BCUT2D eigenvalue weighted by atomic mass is 10.1. The lowest BCUT2D eigenvalue weighted by Gasteiger charge is -2.10. The van der Waals surface area contributed by atoms with Gasteiger partial charge in [-0.3, -0.25) is 4.79 Å². The topological polar surface area (TPSA) is 46.9 Å². The van der Waals surface area contributed by atoms with Crippen LogP contribution < -0.4 is 5.32 Å². The number of thioether (sulfide) groups is 1. The maximum Gasteiger partial charge on any atom is 0.251 e. The smallest absolute Gasteiger partial charge is 0.251 e. The van der Waals surface area contributed by atoms with Gasteiger partial charge in [0.15, 0.2) is 5.16 Å². The number of amides is 1. The number of imidazole rings is 1. The van der Waals surface area contributed by atoms with E-state index in [1.54, 1.807) is 48.2 Å². The molecule has 26 heavy (non-hydrogen) atoms. The predicted octanol–water partition coefficient (Wildman–Crippen LogP) is 4.38. The normalized spacial score (nSPS) is 12.8. The van der Waals surface area contributed by atoms with Crippen molar-refractivity contribution in [1.29, 1.82) is 0 Å². The van der Waals surface area contributed by atoms with E-state index >= 15 is 0 Å². The van der Waals surface area contributed by atoms with Crippen molar-refractivity contribution in [3.63, 3.8) is 0 Å². The van der Waals surface area contributed by atoms with Crippen molar-refractivity contribution in [2.45, 2.75) is 18.2 Å². The van der Waals surface area contributed by atoms with Crippen LogP contribution in [-0.2, 0) is 13.1 Å². The summed E-state index contributed by atoms with van der Waals surface area (Å²) in [4.78, 5) is 17.1. The summed E-state index contributed by atoms with van der Waals surface area (Å²) in [6.45, 7) is 1.20. The van der Waals surface area contributed by atoms with Gasteiger partial charge in [-0.25, -0.2) is 9.37 Å². The first kappa shape index (κ1) is 17.1. The minimum Gasteiger partial charge on any atom is -0.346 e. The molecule has 0 saturated heterocycles. The molecule has 0 unspecified atom stereocenters. The third kappa shape index (κ3) is 3.34. The van der Waals surface area contributed by atoms with E-state index in [0.717, 1.165) is 34.4 Å². The van der Waals surface area contributed by atoms with Crippen molar-refractivity contribution < 1.29 is 9.18 Å². The maximum absolute atomic E-state index is 13.2. The molecule has 132 valence electrons. The molecule has 1 amide bonds. The number of halogens is 2. The van der Waals surface area contributed by atoms with Crippen LogP contribution in [0.25, 0.3) is 11.3 Å². The second kappa shape index (κ2) is 7.13. The Balaban J connectivity index is 1.60. The summed E-state index contributed by atoms with van der Waals surface area (Å²) in [6.07, 6.45) is 0. The Labute approximate surface area is 159 Å². The Kier molecular flexibility index (Phi) is 4.70. The van der Waals surface area contributed by atoms with Gasteiger partial charge in [0.1, 0.15) is 5.82 Å². The van der Waals surface area contributed by atoms with Crippen molar-refractivity contribution in [2.75, 3.05) is 5.75 Å². The van der Waals surface area contributed by atoms with Crippen LogP contribution in [0, 0.1) is 5.82 Å². The molecular weight excluding hydrogens is 373 g/mol. The standard InChI is InChI=1S/C19H15ClFN3OS/c20-14-5-1-13(2-6-14)18(25)22-11-16-17(12-3-7-15(21)8-4-12)23-19-24(16)9-10-26-19/h1-8H,9-11H2,(H,22,25). The third-order valence-electron chi connectivity index (χ3n) is 4.22. The third-order valence-corrected chi connectivity index (χ3v) is 5.43. The van der Waals surface area contributed by atoms with Crippen molar-refractivity contribution >= 4 is 29.3 Å². The predicted molar refractivity (Wildman–Crippen MR) is 101 cm³/mol. The summed E-state index contributed by atoms with van der Waals surface area (Å²) in [5.74, 6) is 0.504. The highest BCUT2D eigenvalue weighted by molar-refractivity contribution is 7.99. The molecule has 0 atom stereocenters. The van der Waals surface area contributed by atoms with Crippen LogP contribution >= 0.6 is 23.4 Å². The second-order valence-corrected chi connectivity index (χ2v) is 7.38. The highest BCUT2D eigenvalue weighted by Gasteiger charge is 2.23. The van der Waals surface area contributed by atoms with E-state index in [9.17, 15) is 9.18 Å². The Morgan fingerprint density at radius 1 is 1.19 bits per heavy atom. The first-order chi connectivity index (χ1) is 12.6. The summed E-state index contributed by atoms with van der Waals surface area (Å²) in [5.41, 5.74) is 3.10. The molecule has 0 radical (unpaired) electrons. The molecule has 2 aromatic carbocycles. The minimum atomic E-state index is -0.285. The average Bonchev–Trinajstić information content (AvgIpc) is 3.22. The molecule has 4 rings (SSSR count). The Bertz CT molecular complexity index is 954. The molecule has 0 bridgehead atoms. The van der Waals surface area contributed by atoms with Gasteiger partial charge in [-0.1, -0.05) is 23.4 Å². The number of carbonyl (C=O) groups excluding carboxylic acids is 1. The quantitative estimate of drug-likeness (QED) is 0.722. The minimum absolute atomic E-state index is 0.173. The molecular formula is C19H15ClFN3OS. The van der Waals surface area contributed by atoms with Gasteiger partial charge in [0.25, 0.3) is 5.91 Å². The number of nitrogens with one attached hydrogen (secondary N) is 1. The number of aromatic nitrogens is 2. The molecule has 1 aromatic heterocycles. The van der Waals surface area contributed by atoms with Crippen molar-refractivity contribution in [3.05, 3.63) is 70.6 Å². The summed E-state index contributed by atoms with van der Waals surface area (Å²) < 4.78 is 15.4. The van der Waals surface area contributed by atoms with Gasteiger partial charge in [-0.05, 0) is 48.5 Å². The molecule has 7 heteroatoms. The summed E-state index contributed by atoms with van der Waals surface area (Å²) >= 11 is 7.55. The second-order valence-electron chi connectivity index (χ2n) is 5.89. The highest BCUT2D eigenvalue weighted by atomic mass is 35.5. The van der Waals surface area contributed by atoms with Crippen LogP contribution in [0.4, 0.5) is 4.39 Å². The molecule has 0 spiro atoms. The number of fused-ring (bicyclic) bond motifs is 1. The van der Waals surface area contributed by atoms with Crippen LogP contribution in [-0.4, -0.2) is 21.2 Å². The maximum atomic E-state index is 13.2. The lowest BCUT2D eigenvalue weighted by molar-refractivity contribution is 0.0950. The molecule has 2 heterocycles. The van der Waals surface area contributed by atoms with Crippen LogP contribution in [0.3, 0.4) is 0 Å². The molecule has 0 aliphatic carbocycles. The van der Waals surface area contributed by atoms with Crippen molar-refractivity contribution in [3.8, 4) is 11.3 Å². The molecule has 1 aliphatic rings. The number of nitrogens with zero attached hydrogens (tertiary/aromatic N) is 2. The van der Waals surface area contributed by atoms with Gasteiger partial charge in [-0.2, -0.15) is 0 Å². The van der Waals surface area contributed by atoms with Gasteiger partial charge in [0, 0.05) is 28.4 Å². The molecule has 0 fully saturated rings. The zero-order valence-electron chi connectivity index (χ0n) is 13.7. The van der Waals surface area contributed by atoms with E-state index in [1.807, 2.05) is 0 Å². The van der Waals surface area contributed by atoms with Crippen LogP contribution in [0.15, 0.2) is 53.7 Å². The average molecular weight is 388 g/mol. The molecule has 4 nitrogen and oxygen atoms in total. The SMILES string of the molecule is O=C(NCc1c(-c2ccc(F)cc2)nc2n1CCS2)c1ccc(Cl)cc1. The first-order valence-corrected chi connectivity index (χ1v) is 9.50. The van der Waals surface area contributed by atoms with E-state index < -0.39 is 0 Å². The van der Waals surface area contributed by atoms with Crippen LogP contribution in [0.2, 0.25) is 5.02 Å². The fourth-order valence-corrected chi connectivity index (χ4v) is 4.01. The van der Waals surface area contributed by atoms with E-state index in [-0.39, 0.29) is 11.7 Å². The van der Waals surface area contributed by atoms with E-state index in [2.05, 4.69) is 14.9 Å². The van der Waals surface area contributed by atoms with Gasteiger partial charge >= 0.3 is 0 Å². The zero-order valence-corrected chi connectivity index (χ0v) is 15.3. The van der Waals surface area contributed by atoms with Gasteiger partial charge < -0.3 is 9.88 Å². The van der Waals surface area contributed by atoms with E-state index in [1.165, 1.54) is 12.1 Å². The fourth-order valence-electron chi connectivity index (χ4n) is 2.92. The molecule has 0 saturated carbocycles. The summed E-state index contributed by atoms with van der Waals surface area (Å²) in [7, 11) is 0. The van der Waals surface area contributed by atoms with Crippen LogP contribution in [0.5, 0.6) is 0 Å². The van der Waals surface area contributed by atoms with Gasteiger partial charge in [0.2, 0.25) is 0 Å². The highest BCUT2D eigenvalue weighted by Crippen LogP contribution is 2.33. The monoisotopic (exact) mass is 387 g/mol. The summed E-state index contributed by atoms with van der Waals surface area (Å²) in [5, 5.41) is 4.47. The molecule has 1 aliphatic heterocycles. The zero-order chi connectivity index (χ0) is 18.1. The summed E-state index contributed by atoms with van der Waals surface area (Å²) in [6, 6.07) is 13.0. The van der Waals surface area contributed by atoms with Gasteiger partial charge in [0.05, 0.1) is 17.9 Å². The first-order valence-electron chi connectivity index (χ1n) is 8.14. The molecule has 1 N–H and O–H groups in total. The Hall–Kier alpha value is -2.31. The lowest BCUT2D eigenvalue weighted by Crippen LogP contribution is -2.24. The number of carbonyl (C=O) groups is 1. The number of hydrogen-bond acceptors (Lipinski definition) is 3. The number of rotatable bonds is 4. The van der Waals surface area contributed by atoms with Crippen molar-refractivity contribution in [1.82, 2.24) is 14.9 Å². The molecule has 3 aromatic rings. The van der Waals surface area contributed by atoms with E-state index in [4.69, 9.17) is 11.6 Å². The van der Waals surface area contributed by atoms with Crippen molar-refractivity contribution in [2.24, 2.45) is 0 Å². The van der Waals surface area contributed by atoms with Crippen LogP contribution in [0.1, 0.15) is 16.1 Å². The van der Waals surface area contributed by atoms with E-state index in [0.29, 0.717) is 17.1 Å². The number of hydrogen-bond donors (Lipinski definition) is 1. The fraction of sp³-hybridized carbons (Fsp3) is 0.158. The Morgan fingerprint density at radius 2 is 1.92 bits per heavy atom. The Morgan fingerprint density at radius 3 is 2.65 bits per heavy atom. The largest absolute Gasteiger partial charge is 0.346 e. The van der Waals surface area contributed by atoms with Gasteiger partial charge in [-0.15, -0.1) is 0 Å². The number of benzene rings is 2.